The number of nitrogens with two attached hydrogens (primary N) is 1. The Kier molecular flexibility index (Phi) is 3.39. The van der Waals surface area contributed by atoms with E-state index in [1.54, 1.807) is 25.1 Å². The third-order valence-electron chi connectivity index (χ3n) is 2.41. The van der Waals surface area contributed by atoms with Gasteiger partial charge < -0.3 is 10.5 Å². The Labute approximate surface area is 108 Å². The molecule has 0 aliphatic heterocycles. The number of halogens is 3. The predicted molar refractivity (Wildman–Crippen MR) is 67.0 cm³/mol. The average Bonchev–Trinajstić information content (AvgIpc) is 2.29. The quantitative estimate of drug-likeness (QED) is 0.825. The maximum Gasteiger partial charge on any atom is 0.156 e. The summed E-state index contributed by atoms with van der Waals surface area (Å²) >= 11 is 5.80. The molecule has 0 bridgehead atoms. The normalized spacial score (nSPS) is 10.4. The number of hydrogen-bond acceptors (Lipinski definition) is 2. The van der Waals surface area contributed by atoms with E-state index in [0.717, 1.165) is 11.6 Å². The highest BCUT2D eigenvalue weighted by Crippen LogP contribution is 2.32. The molecule has 0 aromatic heterocycles. The second kappa shape index (κ2) is 4.82. The van der Waals surface area contributed by atoms with Gasteiger partial charge in [0.2, 0.25) is 0 Å². The standard InChI is InChI=1S/C13H10ClF2NO/c1-7-4-8(14)2-3-11(7)18-12-6-9(15)5-10(16)13(12)17/h2-6H,17H2,1H3. The van der Waals surface area contributed by atoms with Crippen LogP contribution in [0, 0.1) is 18.6 Å². The highest BCUT2D eigenvalue weighted by Gasteiger charge is 2.11. The highest BCUT2D eigenvalue weighted by atomic mass is 35.5. The van der Waals surface area contributed by atoms with E-state index in [1.165, 1.54) is 0 Å². The summed E-state index contributed by atoms with van der Waals surface area (Å²) in [5, 5.41) is 0.554. The lowest BCUT2D eigenvalue weighted by atomic mass is 10.2. The lowest BCUT2D eigenvalue weighted by Gasteiger charge is -2.11. The van der Waals surface area contributed by atoms with Gasteiger partial charge >= 0.3 is 0 Å². The minimum absolute atomic E-state index is 0.0575. The number of nitrogen functional groups attached to an aromatic ring is 1. The van der Waals surface area contributed by atoms with Crippen LogP contribution in [0.1, 0.15) is 5.56 Å². The van der Waals surface area contributed by atoms with Crippen LogP contribution in [-0.2, 0) is 0 Å². The van der Waals surface area contributed by atoms with Crippen molar-refractivity contribution < 1.29 is 13.5 Å². The zero-order valence-electron chi connectivity index (χ0n) is 9.51. The van der Waals surface area contributed by atoms with Crippen LogP contribution in [0.2, 0.25) is 5.02 Å². The molecule has 0 amide bonds. The van der Waals surface area contributed by atoms with Crippen LogP contribution in [0.15, 0.2) is 30.3 Å². The predicted octanol–water partition coefficient (Wildman–Crippen LogP) is 4.30. The van der Waals surface area contributed by atoms with Crippen LogP contribution < -0.4 is 10.5 Å². The van der Waals surface area contributed by atoms with Gasteiger partial charge in [0.25, 0.3) is 0 Å². The minimum atomic E-state index is -0.850. The van der Waals surface area contributed by atoms with Crippen LogP contribution >= 0.6 is 11.6 Å². The molecule has 0 saturated carbocycles. The van der Waals surface area contributed by atoms with Gasteiger partial charge in [0.15, 0.2) is 11.6 Å². The van der Waals surface area contributed by atoms with E-state index in [0.29, 0.717) is 16.8 Å². The molecule has 0 atom stereocenters. The topological polar surface area (TPSA) is 35.2 Å². The summed E-state index contributed by atoms with van der Waals surface area (Å²) in [6.45, 7) is 1.77. The fourth-order valence-corrected chi connectivity index (χ4v) is 1.72. The van der Waals surface area contributed by atoms with Gasteiger partial charge in [0.05, 0.1) is 0 Å². The molecular weight excluding hydrogens is 260 g/mol. The molecule has 2 rings (SSSR count). The fourth-order valence-electron chi connectivity index (χ4n) is 1.49. The first-order chi connectivity index (χ1) is 8.47. The molecule has 5 heteroatoms. The summed E-state index contributed by atoms with van der Waals surface area (Å²) in [6.07, 6.45) is 0. The lowest BCUT2D eigenvalue weighted by Crippen LogP contribution is -1.97. The van der Waals surface area contributed by atoms with Crippen molar-refractivity contribution in [2.45, 2.75) is 6.92 Å². The summed E-state index contributed by atoms with van der Waals surface area (Å²) in [7, 11) is 0. The molecule has 0 unspecified atom stereocenters. The first-order valence-corrected chi connectivity index (χ1v) is 5.53. The van der Waals surface area contributed by atoms with E-state index in [9.17, 15) is 8.78 Å². The number of hydrogen-bond donors (Lipinski definition) is 1. The molecule has 0 spiro atoms. The van der Waals surface area contributed by atoms with E-state index >= 15 is 0 Å². The summed E-state index contributed by atoms with van der Waals surface area (Å²) in [6, 6.07) is 6.65. The van der Waals surface area contributed by atoms with Gasteiger partial charge in [-0.2, -0.15) is 0 Å². The smallest absolute Gasteiger partial charge is 0.156 e. The van der Waals surface area contributed by atoms with Crippen molar-refractivity contribution in [2.75, 3.05) is 5.73 Å². The number of ether oxygens (including phenoxy) is 1. The Morgan fingerprint density at radius 3 is 2.50 bits per heavy atom. The lowest BCUT2D eigenvalue weighted by molar-refractivity contribution is 0.469. The molecule has 2 aromatic carbocycles. The van der Waals surface area contributed by atoms with Crippen molar-refractivity contribution in [1.82, 2.24) is 0 Å². The Morgan fingerprint density at radius 1 is 1.11 bits per heavy atom. The van der Waals surface area contributed by atoms with E-state index in [-0.39, 0.29) is 11.4 Å². The van der Waals surface area contributed by atoms with E-state index in [4.69, 9.17) is 22.1 Å². The Morgan fingerprint density at radius 2 is 1.83 bits per heavy atom. The van der Waals surface area contributed by atoms with Crippen molar-refractivity contribution in [3.63, 3.8) is 0 Å². The van der Waals surface area contributed by atoms with Crippen LogP contribution in [0.4, 0.5) is 14.5 Å². The molecule has 0 radical (unpaired) electrons. The zero-order valence-corrected chi connectivity index (χ0v) is 10.3. The third kappa shape index (κ3) is 2.54. The van der Waals surface area contributed by atoms with E-state index < -0.39 is 11.6 Å². The largest absolute Gasteiger partial charge is 0.455 e. The van der Waals surface area contributed by atoms with Crippen LogP contribution in [-0.4, -0.2) is 0 Å². The van der Waals surface area contributed by atoms with Crippen LogP contribution in [0.3, 0.4) is 0 Å². The van der Waals surface area contributed by atoms with Gasteiger partial charge in [-0.15, -0.1) is 0 Å². The van der Waals surface area contributed by atoms with E-state index in [2.05, 4.69) is 0 Å². The molecule has 2 N–H and O–H groups in total. The van der Waals surface area contributed by atoms with Crippen molar-refractivity contribution in [3.05, 3.63) is 52.6 Å². The molecule has 2 nitrogen and oxygen atoms in total. The second-order valence-electron chi connectivity index (χ2n) is 3.81. The molecular formula is C13H10ClF2NO. The van der Waals surface area contributed by atoms with Crippen molar-refractivity contribution in [1.29, 1.82) is 0 Å². The van der Waals surface area contributed by atoms with Crippen molar-refractivity contribution in [2.24, 2.45) is 0 Å². The van der Waals surface area contributed by atoms with Gasteiger partial charge in [-0.1, -0.05) is 11.6 Å². The molecule has 0 fully saturated rings. The summed E-state index contributed by atoms with van der Waals surface area (Å²) in [5.41, 5.74) is 6.00. The first kappa shape index (κ1) is 12.6. The minimum Gasteiger partial charge on any atom is -0.455 e. The van der Waals surface area contributed by atoms with Gasteiger partial charge in [0.1, 0.15) is 17.3 Å². The molecule has 0 heterocycles. The molecule has 2 aromatic rings. The number of rotatable bonds is 2. The van der Waals surface area contributed by atoms with Crippen molar-refractivity contribution >= 4 is 17.3 Å². The molecule has 18 heavy (non-hydrogen) atoms. The Balaban J connectivity index is 2.40. The SMILES string of the molecule is Cc1cc(Cl)ccc1Oc1cc(F)cc(F)c1N. The van der Waals surface area contributed by atoms with Crippen LogP contribution in [0.5, 0.6) is 11.5 Å². The molecule has 0 aliphatic carbocycles. The Hall–Kier alpha value is -1.81. The summed E-state index contributed by atoms with van der Waals surface area (Å²) < 4.78 is 31.7. The second-order valence-corrected chi connectivity index (χ2v) is 4.25. The third-order valence-corrected chi connectivity index (χ3v) is 2.65. The van der Waals surface area contributed by atoms with Gasteiger partial charge in [0, 0.05) is 17.2 Å². The molecule has 0 saturated heterocycles. The number of benzene rings is 2. The fraction of sp³-hybridized carbons (Fsp3) is 0.0769. The number of anilines is 1. The van der Waals surface area contributed by atoms with E-state index in [1.807, 2.05) is 0 Å². The number of aryl methyl sites for hydroxylation is 1. The molecule has 94 valence electrons. The van der Waals surface area contributed by atoms with Gasteiger partial charge in [-0.25, -0.2) is 8.78 Å². The maximum atomic E-state index is 13.2. The summed E-state index contributed by atoms with van der Waals surface area (Å²) in [4.78, 5) is 0. The van der Waals surface area contributed by atoms with Gasteiger partial charge in [-0.05, 0) is 30.7 Å². The molecule has 0 aliphatic rings. The average molecular weight is 270 g/mol. The Bertz CT molecular complexity index is 602. The zero-order chi connectivity index (χ0) is 13.3. The maximum absolute atomic E-state index is 13.2. The highest BCUT2D eigenvalue weighted by molar-refractivity contribution is 6.30. The monoisotopic (exact) mass is 269 g/mol. The van der Waals surface area contributed by atoms with Crippen molar-refractivity contribution in [3.8, 4) is 11.5 Å². The summed E-state index contributed by atoms with van der Waals surface area (Å²) in [5.74, 6) is -1.21. The van der Waals surface area contributed by atoms with Gasteiger partial charge in [-0.3, -0.25) is 0 Å². The van der Waals surface area contributed by atoms with Crippen LogP contribution in [0.25, 0.3) is 0 Å². The first-order valence-electron chi connectivity index (χ1n) is 5.16.